The van der Waals surface area contributed by atoms with Crippen LogP contribution >= 0.6 is 0 Å². The van der Waals surface area contributed by atoms with Crippen molar-refractivity contribution < 1.29 is 23.2 Å². The molecule has 0 rings (SSSR count). The number of hydrogen-bond donors (Lipinski definition) is 0. The molecule has 4 heteroatoms. The van der Waals surface area contributed by atoms with Crippen molar-refractivity contribution in [1.29, 1.82) is 0 Å². The van der Waals surface area contributed by atoms with Crippen LogP contribution in [0.2, 0.25) is 0 Å². The molecular weight excluding hydrogens is 442 g/mol. The first-order valence-corrected chi connectivity index (χ1v) is 1.37. The Labute approximate surface area is 70.5 Å². The number of rotatable bonds is 0. The summed E-state index contributed by atoms with van der Waals surface area (Å²) in [6, 6.07) is 0. The predicted molar refractivity (Wildman–Crippen MR) is 12.2 cm³/mol. The van der Waals surface area contributed by atoms with Crippen molar-refractivity contribution >= 4 is 48.4 Å². The molecule has 0 aliphatic heterocycles. The first kappa shape index (κ1) is 16.5. The molecule has 1 nitrogen and oxygen atoms in total. The second kappa shape index (κ2) is 19.3. The maximum atomic E-state index is 8.34. The first-order valence-electron chi connectivity index (χ1n) is 0.204. The van der Waals surface area contributed by atoms with Crippen LogP contribution in [0.3, 0.4) is 0 Å². The van der Waals surface area contributed by atoms with Crippen molar-refractivity contribution in [1.82, 2.24) is 0 Å². The van der Waals surface area contributed by atoms with Gasteiger partial charge in [-0.05, 0) is 0 Å². The Morgan fingerprint density at radius 1 is 1.25 bits per heavy atom. The molecule has 0 amide bonds. The van der Waals surface area contributed by atoms with Crippen LogP contribution in [0.15, 0.2) is 0 Å². The van der Waals surface area contributed by atoms with Gasteiger partial charge in [0.05, 0.1) is 0 Å². The Bertz CT molecular complexity index is 8.00. The molecule has 0 fully saturated rings. The average molecular weight is 442 g/mol. The summed E-state index contributed by atoms with van der Waals surface area (Å²) in [5.74, 6) is 0. The molecular formula is InIrOSn. The van der Waals surface area contributed by atoms with Crippen LogP contribution in [0, 0.1) is 0 Å². The summed E-state index contributed by atoms with van der Waals surface area (Å²) in [5.41, 5.74) is 0. The molecule has 0 spiro atoms. The summed E-state index contributed by atoms with van der Waals surface area (Å²) in [7, 11) is 0. The third kappa shape index (κ3) is 8.92. The minimum atomic E-state index is 0. The van der Waals surface area contributed by atoms with Crippen molar-refractivity contribution in [3.8, 4) is 0 Å². The summed E-state index contributed by atoms with van der Waals surface area (Å²) in [6.07, 6.45) is 0. The van der Waals surface area contributed by atoms with Crippen molar-refractivity contribution in [2.75, 3.05) is 0 Å². The third-order valence-electron chi connectivity index (χ3n) is 0. The molecule has 0 saturated heterocycles. The van der Waals surface area contributed by atoms with Gasteiger partial charge < -0.3 is 0 Å². The van der Waals surface area contributed by atoms with Gasteiger partial charge in [-0.2, -0.15) is 0 Å². The van der Waals surface area contributed by atoms with Gasteiger partial charge in [0, 0.05) is 45.9 Å². The topological polar surface area (TPSA) is 17.1 Å². The van der Waals surface area contributed by atoms with Gasteiger partial charge >= 0.3 is 25.6 Å². The second-order valence-corrected chi connectivity index (χ2v) is 0. The van der Waals surface area contributed by atoms with E-state index in [1.165, 1.54) is 0 Å². The molecule has 0 heterocycles. The molecule has 0 aromatic carbocycles. The van der Waals surface area contributed by atoms with Crippen LogP contribution in [-0.4, -0.2) is 48.4 Å². The van der Waals surface area contributed by atoms with Gasteiger partial charge in [0.2, 0.25) is 0 Å². The second-order valence-electron chi connectivity index (χ2n) is 0. The average Bonchev–Trinajstić information content (AvgIpc) is 1.00. The molecule has 0 aliphatic rings. The first-order chi connectivity index (χ1) is 1.00. The van der Waals surface area contributed by atoms with Crippen molar-refractivity contribution in [2.45, 2.75) is 0 Å². The van der Waals surface area contributed by atoms with E-state index >= 15 is 0 Å². The Balaban J connectivity index is -0.00000000500. The third-order valence-corrected chi connectivity index (χ3v) is 0. The molecule has 0 aromatic heterocycles. The van der Waals surface area contributed by atoms with Gasteiger partial charge in [-0.3, -0.25) is 0 Å². The summed E-state index contributed by atoms with van der Waals surface area (Å²) < 4.78 is 8.34. The zero-order valence-corrected chi connectivity index (χ0v) is 10.4. The fraction of sp³-hybridized carbons (Fsp3) is 0. The monoisotopic (exact) mass is 444 g/mol. The van der Waals surface area contributed by atoms with Crippen LogP contribution in [0.4, 0.5) is 0 Å². The SMILES string of the molecule is [In].[Ir].[O]=[Sn]. The molecule has 4 heavy (non-hydrogen) atoms. The van der Waals surface area contributed by atoms with E-state index < -0.39 is 0 Å². The molecule has 0 aromatic rings. The summed E-state index contributed by atoms with van der Waals surface area (Å²) in [5, 5.41) is 0. The van der Waals surface area contributed by atoms with Crippen LogP contribution in [-0.2, 0) is 23.2 Å². The Morgan fingerprint density at radius 3 is 1.25 bits per heavy atom. The van der Waals surface area contributed by atoms with Crippen molar-refractivity contribution in [3.63, 3.8) is 0 Å². The van der Waals surface area contributed by atoms with Crippen molar-refractivity contribution in [3.05, 3.63) is 0 Å². The van der Waals surface area contributed by atoms with Gasteiger partial charge in [0.25, 0.3) is 0 Å². The van der Waals surface area contributed by atoms with E-state index in [2.05, 4.69) is 0 Å². The quantitative estimate of drug-likeness (QED) is 0.446. The fourth-order valence-corrected chi connectivity index (χ4v) is 0. The number of hydrogen-bond acceptors (Lipinski definition) is 1. The van der Waals surface area contributed by atoms with E-state index in [-0.39, 0.29) is 45.9 Å². The van der Waals surface area contributed by atoms with Crippen LogP contribution < -0.4 is 0 Å². The van der Waals surface area contributed by atoms with Crippen LogP contribution in [0.25, 0.3) is 0 Å². The molecule has 0 unspecified atom stereocenters. The van der Waals surface area contributed by atoms with Crippen LogP contribution in [0.5, 0.6) is 0 Å². The van der Waals surface area contributed by atoms with E-state index in [1.54, 1.807) is 0 Å². The van der Waals surface area contributed by atoms with Gasteiger partial charge in [-0.25, -0.2) is 0 Å². The predicted octanol–water partition coefficient (Wildman–Crippen LogP) is -0.883. The zero-order valence-electron chi connectivity index (χ0n) is 1.82. The standard InChI is InChI=1S/In.Ir.O.Sn. The van der Waals surface area contributed by atoms with E-state index in [9.17, 15) is 0 Å². The molecule has 0 atom stereocenters. The van der Waals surface area contributed by atoms with E-state index in [0.717, 1.165) is 0 Å². The Hall–Kier alpha value is 2.12. The van der Waals surface area contributed by atoms with Gasteiger partial charge in [-0.15, -0.1) is 0 Å². The molecule has 22 valence electrons. The minimum absolute atomic E-state index is 0. The summed E-state index contributed by atoms with van der Waals surface area (Å²) in [4.78, 5) is 0. The van der Waals surface area contributed by atoms with E-state index in [4.69, 9.17) is 3.08 Å². The normalized spacial score (nSPS) is 1.00. The fourth-order valence-electron chi connectivity index (χ4n) is 0. The van der Waals surface area contributed by atoms with Gasteiger partial charge in [-0.1, -0.05) is 0 Å². The summed E-state index contributed by atoms with van der Waals surface area (Å²) >= 11 is 0.300. The van der Waals surface area contributed by atoms with Gasteiger partial charge in [0.1, 0.15) is 0 Å². The van der Waals surface area contributed by atoms with Crippen molar-refractivity contribution in [2.24, 2.45) is 0 Å². The molecule has 0 saturated carbocycles. The van der Waals surface area contributed by atoms with Crippen LogP contribution in [0.1, 0.15) is 0 Å². The van der Waals surface area contributed by atoms with E-state index in [0.29, 0.717) is 22.5 Å². The molecule has 6 radical (unpaired) electrons. The Kier molecular flexibility index (Phi) is 79.7. The zero-order chi connectivity index (χ0) is 2.00. The van der Waals surface area contributed by atoms with Gasteiger partial charge in [0.15, 0.2) is 0 Å². The molecule has 0 N–H and O–H groups in total. The Morgan fingerprint density at radius 2 is 1.25 bits per heavy atom. The van der Waals surface area contributed by atoms with E-state index in [1.807, 2.05) is 0 Å². The molecule has 0 bridgehead atoms. The molecule has 0 aliphatic carbocycles. The summed E-state index contributed by atoms with van der Waals surface area (Å²) in [6.45, 7) is 0. The maximum absolute atomic E-state index is 8.34.